The summed E-state index contributed by atoms with van der Waals surface area (Å²) >= 11 is 0. The molecule has 2 heterocycles. The van der Waals surface area contributed by atoms with Crippen LogP contribution in [0.3, 0.4) is 0 Å². The van der Waals surface area contributed by atoms with Gasteiger partial charge in [0.15, 0.2) is 0 Å². The maximum Gasteiger partial charge on any atom is 0.238 e. The summed E-state index contributed by atoms with van der Waals surface area (Å²) in [4.78, 5) is 17.7. The fourth-order valence-electron chi connectivity index (χ4n) is 1.70. The van der Waals surface area contributed by atoms with Crippen molar-refractivity contribution >= 4 is 11.6 Å². The van der Waals surface area contributed by atoms with E-state index in [2.05, 4.69) is 10.3 Å². The summed E-state index contributed by atoms with van der Waals surface area (Å²) in [6, 6.07) is 5.17. The van der Waals surface area contributed by atoms with Gasteiger partial charge in [-0.3, -0.25) is 9.69 Å². The molecule has 0 atom stereocenters. The van der Waals surface area contributed by atoms with Crippen LogP contribution in [0.5, 0.6) is 0 Å². The number of ether oxygens (including phenoxy) is 1. The van der Waals surface area contributed by atoms with Crippen molar-refractivity contribution in [2.75, 3.05) is 38.2 Å². The van der Waals surface area contributed by atoms with Gasteiger partial charge in [-0.25, -0.2) is 4.98 Å². The quantitative estimate of drug-likeness (QED) is 0.825. The molecule has 0 saturated carbocycles. The molecule has 1 saturated heterocycles. The number of aromatic nitrogens is 1. The minimum Gasteiger partial charge on any atom is -0.379 e. The summed E-state index contributed by atoms with van der Waals surface area (Å²) in [5.74, 6) is -0.0802. The largest absolute Gasteiger partial charge is 0.379 e. The molecule has 6 nitrogen and oxygen atoms in total. The number of nitriles is 1. The van der Waals surface area contributed by atoms with Crippen LogP contribution in [0.2, 0.25) is 0 Å². The minimum atomic E-state index is -0.0802. The highest BCUT2D eigenvalue weighted by Gasteiger charge is 2.14. The van der Waals surface area contributed by atoms with Crippen LogP contribution in [0.25, 0.3) is 0 Å². The van der Waals surface area contributed by atoms with Gasteiger partial charge in [0.1, 0.15) is 11.8 Å². The number of carbonyl (C=O) groups is 1. The van der Waals surface area contributed by atoms with Gasteiger partial charge >= 0.3 is 0 Å². The van der Waals surface area contributed by atoms with Gasteiger partial charge in [-0.05, 0) is 12.1 Å². The standard InChI is InChI=1S/C12H14N4O2/c13-7-10-1-2-11(8-14-10)15-12(17)9-16-3-5-18-6-4-16/h1-2,8H,3-6,9H2,(H,15,17). The van der Waals surface area contributed by atoms with E-state index in [4.69, 9.17) is 10.00 Å². The van der Waals surface area contributed by atoms with E-state index in [1.807, 2.05) is 11.0 Å². The van der Waals surface area contributed by atoms with E-state index >= 15 is 0 Å². The second-order valence-electron chi connectivity index (χ2n) is 3.98. The topological polar surface area (TPSA) is 78.2 Å². The van der Waals surface area contributed by atoms with E-state index in [1.54, 1.807) is 12.1 Å². The van der Waals surface area contributed by atoms with Crippen molar-refractivity contribution in [2.24, 2.45) is 0 Å². The molecule has 1 aromatic rings. The zero-order valence-electron chi connectivity index (χ0n) is 9.93. The number of carbonyl (C=O) groups excluding carboxylic acids is 1. The first-order chi connectivity index (χ1) is 8.78. The Kier molecular flexibility index (Phi) is 4.23. The molecule has 1 aromatic heterocycles. The van der Waals surface area contributed by atoms with Crippen LogP contribution in [-0.2, 0) is 9.53 Å². The number of nitrogens with one attached hydrogen (secondary N) is 1. The summed E-state index contributed by atoms with van der Waals surface area (Å²) in [7, 11) is 0. The predicted molar refractivity (Wildman–Crippen MR) is 64.8 cm³/mol. The van der Waals surface area contributed by atoms with Gasteiger partial charge in [0.25, 0.3) is 0 Å². The average Bonchev–Trinajstić information content (AvgIpc) is 2.40. The Morgan fingerprint density at radius 3 is 2.89 bits per heavy atom. The summed E-state index contributed by atoms with van der Waals surface area (Å²) in [5, 5.41) is 11.4. The second kappa shape index (κ2) is 6.10. The first-order valence-corrected chi connectivity index (χ1v) is 5.74. The first kappa shape index (κ1) is 12.5. The number of hydrogen-bond donors (Lipinski definition) is 1. The molecule has 1 aliphatic rings. The van der Waals surface area contributed by atoms with Crippen LogP contribution in [0.1, 0.15) is 5.69 Å². The zero-order valence-corrected chi connectivity index (χ0v) is 9.93. The molecule has 0 bridgehead atoms. The Balaban J connectivity index is 1.84. The van der Waals surface area contributed by atoms with Gasteiger partial charge in [-0.15, -0.1) is 0 Å². The van der Waals surface area contributed by atoms with Gasteiger partial charge in [-0.2, -0.15) is 5.26 Å². The fourth-order valence-corrected chi connectivity index (χ4v) is 1.70. The van der Waals surface area contributed by atoms with Crippen LogP contribution in [-0.4, -0.2) is 48.6 Å². The molecule has 2 rings (SSSR count). The van der Waals surface area contributed by atoms with Crippen molar-refractivity contribution in [2.45, 2.75) is 0 Å². The number of morpholine rings is 1. The van der Waals surface area contributed by atoms with Crippen LogP contribution in [0, 0.1) is 11.3 Å². The molecule has 0 aliphatic carbocycles. The number of rotatable bonds is 3. The second-order valence-corrected chi connectivity index (χ2v) is 3.98. The summed E-state index contributed by atoms with van der Waals surface area (Å²) < 4.78 is 5.21. The highest BCUT2D eigenvalue weighted by Crippen LogP contribution is 2.06. The maximum absolute atomic E-state index is 11.7. The lowest BCUT2D eigenvalue weighted by Crippen LogP contribution is -2.41. The lowest BCUT2D eigenvalue weighted by Gasteiger charge is -2.25. The van der Waals surface area contributed by atoms with Crippen molar-refractivity contribution in [1.82, 2.24) is 9.88 Å². The zero-order chi connectivity index (χ0) is 12.8. The van der Waals surface area contributed by atoms with E-state index in [0.717, 1.165) is 13.1 Å². The van der Waals surface area contributed by atoms with E-state index in [9.17, 15) is 4.79 Å². The lowest BCUT2D eigenvalue weighted by atomic mass is 10.3. The Morgan fingerprint density at radius 1 is 1.50 bits per heavy atom. The van der Waals surface area contributed by atoms with Crippen LogP contribution >= 0.6 is 0 Å². The van der Waals surface area contributed by atoms with E-state index in [0.29, 0.717) is 31.1 Å². The monoisotopic (exact) mass is 246 g/mol. The van der Waals surface area contributed by atoms with E-state index in [-0.39, 0.29) is 5.91 Å². The SMILES string of the molecule is N#Cc1ccc(NC(=O)CN2CCOCC2)cn1. The maximum atomic E-state index is 11.7. The summed E-state index contributed by atoms with van der Waals surface area (Å²) in [6.45, 7) is 3.25. The highest BCUT2D eigenvalue weighted by atomic mass is 16.5. The Bertz CT molecular complexity index is 446. The molecule has 1 fully saturated rings. The molecule has 0 aromatic carbocycles. The molecular formula is C12H14N4O2. The molecule has 1 amide bonds. The van der Waals surface area contributed by atoms with Crippen LogP contribution in [0.4, 0.5) is 5.69 Å². The normalized spacial score (nSPS) is 15.9. The molecule has 1 N–H and O–H groups in total. The molecule has 18 heavy (non-hydrogen) atoms. The molecule has 0 spiro atoms. The van der Waals surface area contributed by atoms with Crippen molar-refractivity contribution in [3.63, 3.8) is 0 Å². The van der Waals surface area contributed by atoms with Crippen molar-refractivity contribution in [3.8, 4) is 6.07 Å². The Hall–Kier alpha value is -1.97. The molecule has 1 aliphatic heterocycles. The molecule has 94 valence electrons. The summed E-state index contributed by atoms with van der Waals surface area (Å²) in [6.07, 6.45) is 1.48. The van der Waals surface area contributed by atoms with Gasteiger partial charge in [0.05, 0.1) is 31.6 Å². The number of hydrogen-bond acceptors (Lipinski definition) is 5. The van der Waals surface area contributed by atoms with Crippen molar-refractivity contribution in [3.05, 3.63) is 24.0 Å². The Morgan fingerprint density at radius 2 is 2.28 bits per heavy atom. The number of anilines is 1. The average molecular weight is 246 g/mol. The number of amides is 1. The fraction of sp³-hybridized carbons (Fsp3) is 0.417. The van der Waals surface area contributed by atoms with E-state index in [1.165, 1.54) is 6.20 Å². The molecule has 6 heteroatoms. The minimum absolute atomic E-state index is 0.0802. The van der Waals surface area contributed by atoms with Gasteiger partial charge in [0, 0.05) is 13.1 Å². The first-order valence-electron chi connectivity index (χ1n) is 5.74. The predicted octanol–water partition coefficient (Wildman–Crippen LogP) is 0.224. The van der Waals surface area contributed by atoms with Crippen molar-refractivity contribution < 1.29 is 9.53 Å². The smallest absolute Gasteiger partial charge is 0.238 e. The van der Waals surface area contributed by atoms with Gasteiger partial charge < -0.3 is 10.1 Å². The molecule has 0 radical (unpaired) electrons. The third-order valence-corrected chi connectivity index (χ3v) is 2.63. The van der Waals surface area contributed by atoms with Crippen molar-refractivity contribution in [1.29, 1.82) is 5.26 Å². The van der Waals surface area contributed by atoms with Crippen LogP contribution in [0.15, 0.2) is 18.3 Å². The van der Waals surface area contributed by atoms with Crippen LogP contribution < -0.4 is 5.32 Å². The van der Waals surface area contributed by atoms with Gasteiger partial charge in [0.2, 0.25) is 5.91 Å². The molecular weight excluding hydrogens is 232 g/mol. The highest BCUT2D eigenvalue weighted by molar-refractivity contribution is 5.92. The number of nitrogens with zero attached hydrogens (tertiary/aromatic N) is 3. The third-order valence-electron chi connectivity index (χ3n) is 2.63. The lowest BCUT2D eigenvalue weighted by molar-refractivity contribution is -0.118. The summed E-state index contributed by atoms with van der Waals surface area (Å²) in [5.41, 5.74) is 0.938. The molecule has 0 unspecified atom stereocenters. The van der Waals surface area contributed by atoms with E-state index < -0.39 is 0 Å². The number of pyridine rings is 1. The Labute approximate surface area is 105 Å². The van der Waals surface area contributed by atoms with Gasteiger partial charge in [-0.1, -0.05) is 0 Å². The third kappa shape index (κ3) is 3.52.